The number of hydrogen-bond acceptors (Lipinski definition) is 4. The molecule has 2 aliphatic heterocycles. The van der Waals surface area contributed by atoms with E-state index in [0.29, 0.717) is 33.9 Å². The monoisotopic (exact) mass is 490 g/mol. The summed E-state index contributed by atoms with van der Waals surface area (Å²) in [5, 5.41) is 0.532. The fourth-order valence-electron chi connectivity index (χ4n) is 4.47. The second-order valence-corrected chi connectivity index (χ2v) is 9.15. The number of rotatable bonds is 4. The van der Waals surface area contributed by atoms with E-state index < -0.39 is 5.82 Å². The Kier molecular flexibility index (Phi) is 6.26. The van der Waals surface area contributed by atoms with Gasteiger partial charge in [-0.2, -0.15) is 0 Å². The molecule has 0 atom stereocenters. The van der Waals surface area contributed by atoms with Crippen LogP contribution in [0.4, 0.5) is 10.1 Å². The normalized spacial score (nSPS) is 15.7. The van der Waals surface area contributed by atoms with Crippen molar-refractivity contribution in [2.75, 3.05) is 31.6 Å². The summed E-state index contributed by atoms with van der Waals surface area (Å²) in [5.74, 6) is -0.165. The standard InChI is InChI=1S/C27H24ClFN4O2/c1-31-13-12-30-26(31)19-6-7-20(23(29)14-19)16-33-24-5-3-2-4-21(24)15-32(17-25(33)34)27(35)18-8-10-22(28)11-9-18/h2-11,14H,12-13,15-17H2,1H3. The molecule has 0 spiro atoms. The van der Waals surface area contributed by atoms with E-state index in [0.717, 1.165) is 17.9 Å². The number of amides is 2. The SMILES string of the molecule is CN1CCN=C1c1ccc(CN2C(=O)CN(C(=O)c3ccc(Cl)cc3)Cc3ccccc32)c(F)c1. The molecule has 8 heteroatoms. The molecule has 3 aromatic rings. The predicted molar refractivity (Wildman–Crippen MR) is 134 cm³/mol. The van der Waals surface area contributed by atoms with Gasteiger partial charge >= 0.3 is 0 Å². The number of amidine groups is 1. The van der Waals surface area contributed by atoms with Crippen molar-refractivity contribution in [3.63, 3.8) is 0 Å². The van der Waals surface area contributed by atoms with E-state index in [4.69, 9.17) is 11.6 Å². The van der Waals surface area contributed by atoms with Crippen LogP contribution in [0.5, 0.6) is 0 Å². The van der Waals surface area contributed by atoms with Crippen molar-refractivity contribution in [3.8, 4) is 0 Å². The molecular formula is C27H24ClFN4O2. The molecule has 178 valence electrons. The molecule has 0 fully saturated rings. The fraction of sp³-hybridized carbons (Fsp3) is 0.222. The third-order valence-electron chi connectivity index (χ3n) is 6.35. The number of anilines is 1. The lowest BCUT2D eigenvalue weighted by Crippen LogP contribution is -2.39. The van der Waals surface area contributed by atoms with Gasteiger partial charge in [0.1, 0.15) is 18.2 Å². The van der Waals surface area contributed by atoms with E-state index in [1.54, 1.807) is 35.2 Å². The van der Waals surface area contributed by atoms with Gasteiger partial charge in [-0.05, 0) is 42.0 Å². The number of carbonyl (C=O) groups excluding carboxylic acids is 2. The molecule has 3 aromatic carbocycles. The fourth-order valence-corrected chi connectivity index (χ4v) is 4.60. The number of likely N-dealkylation sites (N-methyl/N-ethyl adjacent to an activating group) is 1. The highest BCUT2D eigenvalue weighted by atomic mass is 35.5. The van der Waals surface area contributed by atoms with E-state index in [1.807, 2.05) is 42.3 Å². The van der Waals surface area contributed by atoms with Gasteiger partial charge in [-0.1, -0.05) is 41.9 Å². The Hall–Kier alpha value is -3.71. The average molecular weight is 491 g/mol. The first-order valence-corrected chi connectivity index (χ1v) is 11.8. The largest absolute Gasteiger partial charge is 0.358 e. The van der Waals surface area contributed by atoms with Gasteiger partial charge in [0.2, 0.25) is 5.91 Å². The van der Waals surface area contributed by atoms with Gasteiger partial charge in [-0.25, -0.2) is 4.39 Å². The van der Waals surface area contributed by atoms with Gasteiger partial charge in [-0.3, -0.25) is 14.6 Å². The molecule has 0 saturated carbocycles. The highest BCUT2D eigenvalue weighted by Crippen LogP contribution is 2.29. The van der Waals surface area contributed by atoms with Crippen LogP contribution in [-0.4, -0.2) is 54.1 Å². The van der Waals surface area contributed by atoms with Crippen LogP contribution < -0.4 is 4.90 Å². The minimum Gasteiger partial charge on any atom is -0.358 e. The van der Waals surface area contributed by atoms with Crippen LogP contribution in [0, 0.1) is 5.82 Å². The van der Waals surface area contributed by atoms with Crippen LogP contribution in [0.15, 0.2) is 71.7 Å². The van der Waals surface area contributed by atoms with Gasteiger partial charge in [-0.15, -0.1) is 0 Å². The van der Waals surface area contributed by atoms with Crippen LogP contribution >= 0.6 is 11.6 Å². The molecule has 2 heterocycles. The molecule has 0 aliphatic carbocycles. The zero-order valence-electron chi connectivity index (χ0n) is 19.2. The number of hydrogen-bond donors (Lipinski definition) is 0. The quantitative estimate of drug-likeness (QED) is 0.546. The van der Waals surface area contributed by atoms with Crippen LogP contribution in [-0.2, 0) is 17.9 Å². The molecule has 2 amide bonds. The Morgan fingerprint density at radius 3 is 2.54 bits per heavy atom. The third kappa shape index (κ3) is 4.64. The molecule has 0 radical (unpaired) electrons. The zero-order valence-corrected chi connectivity index (χ0v) is 20.0. The molecule has 0 unspecified atom stereocenters. The van der Waals surface area contributed by atoms with Crippen molar-refractivity contribution < 1.29 is 14.0 Å². The third-order valence-corrected chi connectivity index (χ3v) is 6.60. The van der Waals surface area contributed by atoms with Crippen LogP contribution in [0.1, 0.15) is 27.0 Å². The van der Waals surface area contributed by atoms with Crippen LogP contribution in [0.2, 0.25) is 5.02 Å². The maximum absolute atomic E-state index is 15.2. The Labute approximate surface area is 208 Å². The first kappa shape index (κ1) is 23.1. The highest BCUT2D eigenvalue weighted by Gasteiger charge is 2.30. The minimum atomic E-state index is -0.394. The smallest absolute Gasteiger partial charge is 0.254 e. The van der Waals surface area contributed by atoms with E-state index in [2.05, 4.69) is 4.99 Å². The maximum atomic E-state index is 15.2. The van der Waals surface area contributed by atoms with E-state index in [9.17, 15) is 9.59 Å². The van der Waals surface area contributed by atoms with Crippen molar-refractivity contribution in [1.82, 2.24) is 9.80 Å². The zero-order chi connectivity index (χ0) is 24.5. The topological polar surface area (TPSA) is 56.2 Å². The molecule has 2 aliphatic rings. The molecule has 5 rings (SSSR count). The van der Waals surface area contributed by atoms with E-state index in [-0.39, 0.29) is 31.4 Å². The number of aliphatic imine (C=N–C) groups is 1. The summed E-state index contributed by atoms with van der Waals surface area (Å²) in [6.07, 6.45) is 0. The van der Waals surface area contributed by atoms with Gasteiger partial charge in [0, 0.05) is 47.5 Å². The molecule has 0 bridgehead atoms. The Morgan fingerprint density at radius 1 is 1.06 bits per heavy atom. The number of halogens is 2. The molecular weight excluding hydrogens is 467 g/mol. The second-order valence-electron chi connectivity index (χ2n) is 8.71. The minimum absolute atomic E-state index is 0.0627. The molecule has 6 nitrogen and oxygen atoms in total. The average Bonchev–Trinajstić information content (AvgIpc) is 3.23. The summed E-state index contributed by atoms with van der Waals surface area (Å²) in [7, 11) is 1.93. The highest BCUT2D eigenvalue weighted by molar-refractivity contribution is 6.30. The number of carbonyl (C=O) groups is 2. The summed E-state index contributed by atoms with van der Waals surface area (Å²) in [4.78, 5) is 36.1. The van der Waals surface area contributed by atoms with Gasteiger partial charge in [0.05, 0.1) is 13.1 Å². The van der Waals surface area contributed by atoms with Gasteiger partial charge < -0.3 is 14.7 Å². The molecule has 0 aromatic heterocycles. The van der Waals surface area contributed by atoms with Crippen molar-refractivity contribution in [1.29, 1.82) is 0 Å². The molecule has 35 heavy (non-hydrogen) atoms. The second kappa shape index (κ2) is 9.50. The lowest BCUT2D eigenvalue weighted by Gasteiger charge is -2.24. The van der Waals surface area contributed by atoms with Crippen molar-refractivity contribution in [2.24, 2.45) is 4.99 Å². The van der Waals surface area contributed by atoms with Crippen molar-refractivity contribution in [2.45, 2.75) is 13.1 Å². The molecule has 0 saturated heterocycles. The molecule has 0 N–H and O–H groups in total. The maximum Gasteiger partial charge on any atom is 0.254 e. The number of para-hydroxylation sites is 1. The predicted octanol–water partition coefficient (Wildman–Crippen LogP) is 4.36. The first-order valence-electron chi connectivity index (χ1n) is 11.4. The van der Waals surface area contributed by atoms with Crippen LogP contribution in [0.3, 0.4) is 0 Å². The Morgan fingerprint density at radius 2 is 1.83 bits per heavy atom. The van der Waals surface area contributed by atoms with Crippen molar-refractivity contribution >= 4 is 34.9 Å². The Balaban J connectivity index is 1.43. The summed E-state index contributed by atoms with van der Waals surface area (Å²) in [6, 6.07) is 19.0. The summed E-state index contributed by atoms with van der Waals surface area (Å²) < 4.78 is 15.2. The van der Waals surface area contributed by atoms with Gasteiger partial charge in [0.15, 0.2) is 0 Å². The van der Waals surface area contributed by atoms with Gasteiger partial charge in [0.25, 0.3) is 5.91 Å². The Bertz CT molecular complexity index is 1330. The first-order chi connectivity index (χ1) is 16.9. The van der Waals surface area contributed by atoms with Crippen molar-refractivity contribution in [3.05, 3.63) is 99.8 Å². The summed E-state index contributed by atoms with van der Waals surface area (Å²) >= 11 is 5.96. The van der Waals surface area contributed by atoms with E-state index >= 15 is 4.39 Å². The summed E-state index contributed by atoms with van der Waals surface area (Å²) in [5.41, 5.74) is 3.06. The number of nitrogens with zero attached hydrogens (tertiary/aromatic N) is 4. The number of benzene rings is 3. The summed E-state index contributed by atoms with van der Waals surface area (Å²) in [6.45, 7) is 1.72. The lowest BCUT2D eigenvalue weighted by molar-refractivity contribution is -0.119. The van der Waals surface area contributed by atoms with Crippen LogP contribution in [0.25, 0.3) is 0 Å². The van der Waals surface area contributed by atoms with E-state index in [1.165, 1.54) is 11.0 Å². The number of fused-ring (bicyclic) bond motifs is 1. The lowest BCUT2D eigenvalue weighted by atomic mass is 10.1.